The summed E-state index contributed by atoms with van der Waals surface area (Å²) in [5, 5.41) is 3.10. The van der Waals surface area contributed by atoms with Crippen LogP contribution in [0.2, 0.25) is 0 Å². The minimum atomic E-state index is 0.445. The van der Waals surface area contributed by atoms with Gasteiger partial charge in [0.2, 0.25) is 0 Å². The average molecular weight is 164 g/mol. The molecule has 0 amide bonds. The van der Waals surface area contributed by atoms with Gasteiger partial charge < -0.3 is 9.88 Å². The van der Waals surface area contributed by atoms with E-state index in [2.05, 4.69) is 33.7 Å². The summed E-state index contributed by atoms with van der Waals surface area (Å²) in [4.78, 5) is 8.34. The molecule has 64 valence electrons. The second-order valence-corrected chi connectivity index (χ2v) is 3.16. The Kier molecular flexibility index (Phi) is 1.60. The lowest BCUT2D eigenvalue weighted by Gasteiger charge is -2.13. The van der Waals surface area contributed by atoms with Crippen molar-refractivity contribution in [1.82, 2.24) is 9.55 Å². The maximum Gasteiger partial charge on any atom is 0.136 e. The zero-order chi connectivity index (χ0) is 8.55. The van der Waals surface area contributed by atoms with Crippen molar-refractivity contribution in [3.05, 3.63) is 12.0 Å². The van der Waals surface area contributed by atoms with E-state index in [0.29, 0.717) is 12.6 Å². The van der Waals surface area contributed by atoms with Crippen LogP contribution in [0.3, 0.4) is 0 Å². The minimum absolute atomic E-state index is 0.445. The molecule has 0 bridgehead atoms. The lowest BCUT2D eigenvalue weighted by Crippen LogP contribution is -2.10. The first-order valence-electron chi connectivity index (χ1n) is 4.09. The predicted octanol–water partition coefficient (Wildman–Crippen LogP) is 1.42. The lowest BCUT2D eigenvalue weighted by atomic mass is 10.3. The number of nitrogens with one attached hydrogen (secondary N) is 1. The van der Waals surface area contributed by atoms with Crippen molar-refractivity contribution < 1.29 is 0 Å². The van der Waals surface area contributed by atoms with Crippen molar-refractivity contribution in [2.75, 3.05) is 5.32 Å². The molecule has 1 aliphatic heterocycles. The Morgan fingerprint density at radius 2 is 2.42 bits per heavy atom. The van der Waals surface area contributed by atoms with Crippen LogP contribution in [0.1, 0.15) is 25.6 Å². The van der Waals surface area contributed by atoms with Gasteiger partial charge in [-0.1, -0.05) is 0 Å². The molecule has 0 aliphatic carbocycles. The summed E-state index contributed by atoms with van der Waals surface area (Å²) in [6.45, 7) is 4.97. The molecule has 4 heteroatoms. The standard InChI is InChI=1S/C8H12N4/c1-6(2)12-5-11-7-3-9-4-10-8(7)12/h4-6H,3H2,1-2H3,(H,9,10). The Bertz CT molecular complexity index is 311. The van der Waals surface area contributed by atoms with E-state index in [1.165, 1.54) is 0 Å². The summed E-state index contributed by atoms with van der Waals surface area (Å²) in [6.07, 6.45) is 3.58. The molecular weight excluding hydrogens is 152 g/mol. The summed E-state index contributed by atoms with van der Waals surface area (Å²) in [5.41, 5.74) is 1.03. The van der Waals surface area contributed by atoms with Gasteiger partial charge in [0, 0.05) is 6.04 Å². The topological polar surface area (TPSA) is 42.2 Å². The van der Waals surface area contributed by atoms with Crippen LogP contribution in [-0.2, 0) is 6.54 Å². The summed E-state index contributed by atoms with van der Waals surface area (Å²) < 4.78 is 2.11. The van der Waals surface area contributed by atoms with E-state index in [0.717, 1.165) is 11.5 Å². The molecule has 1 aliphatic rings. The van der Waals surface area contributed by atoms with E-state index in [4.69, 9.17) is 0 Å². The Morgan fingerprint density at radius 3 is 3.17 bits per heavy atom. The monoisotopic (exact) mass is 164 g/mol. The smallest absolute Gasteiger partial charge is 0.136 e. The molecular formula is C8H12N4. The minimum Gasteiger partial charge on any atom is -0.331 e. The van der Waals surface area contributed by atoms with Gasteiger partial charge in [-0.05, 0) is 13.8 Å². The predicted molar refractivity (Wildman–Crippen MR) is 48.4 cm³/mol. The molecule has 0 radical (unpaired) electrons. The molecule has 1 aromatic heterocycles. The quantitative estimate of drug-likeness (QED) is 0.682. The summed E-state index contributed by atoms with van der Waals surface area (Å²) in [6, 6.07) is 0.445. The highest BCUT2D eigenvalue weighted by molar-refractivity contribution is 5.77. The van der Waals surface area contributed by atoms with Crippen molar-refractivity contribution in [2.45, 2.75) is 26.4 Å². The van der Waals surface area contributed by atoms with Crippen LogP contribution in [0.25, 0.3) is 0 Å². The van der Waals surface area contributed by atoms with E-state index >= 15 is 0 Å². The highest BCUT2D eigenvalue weighted by Gasteiger charge is 2.13. The van der Waals surface area contributed by atoms with E-state index in [1.54, 1.807) is 6.34 Å². The number of nitrogens with zero attached hydrogens (tertiary/aromatic N) is 3. The molecule has 2 rings (SSSR count). The van der Waals surface area contributed by atoms with Gasteiger partial charge in [0.25, 0.3) is 0 Å². The van der Waals surface area contributed by atoms with Crippen LogP contribution >= 0.6 is 0 Å². The number of anilines is 1. The number of hydrogen-bond acceptors (Lipinski definition) is 3. The Labute approximate surface area is 71.3 Å². The molecule has 4 nitrogen and oxygen atoms in total. The largest absolute Gasteiger partial charge is 0.331 e. The number of fused-ring (bicyclic) bond motifs is 1. The van der Waals surface area contributed by atoms with Gasteiger partial charge in [0.1, 0.15) is 11.5 Å². The molecule has 0 saturated heterocycles. The van der Waals surface area contributed by atoms with Gasteiger partial charge in [-0.15, -0.1) is 0 Å². The third-order valence-electron chi connectivity index (χ3n) is 1.96. The Hall–Kier alpha value is -1.32. The number of aromatic nitrogens is 2. The van der Waals surface area contributed by atoms with Crippen molar-refractivity contribution in [2.24, 2.45) is 4.99 Å². The Morgan fingerprint density at radius 1 is 1.58 bits per heavy atom. The second kappa shape index (κ2) is 2.62. The Balaban J connectivity index is 2.41. The van der Waals surface area contributed by atoms with Crippen LogP contribution in [0.5, 0.6) is 0 Å². The van der Waals surface area contributed by atoms with Gasteiger partial charge in [-0.25, -0.2) is 4.98 Å². The summed E-state index contributed by atoms with van der Waals surface area (Å²) in [5.74, 6) is 1.08. The second-order valence-electron chi connectivity index (χ2n) is 3.16. The fourth-order valence-electron chi connectivity index (χ4n) is 1.30. The van der Waals surface area contributed by atoms with Crippen LogP contribution < -0.4 is 5.32 Å². The molecule has 1 N–H and O–H groups in total. The number of aliphatic imine (C=N–C) groups is 1. The highest BCUT2D eigenvalue weighted by atomic mass is 15.2. The van der Waals surface area contributed by atoms with Gasteiger partial charge >= 0.3 is 0 Å². The van der Waals surface area contributed by atoms with Gasteiger partial charge in [-0.3, -0.25) is 4.99 Å². The van der Waals surface area contributed by atoms with Crippen molar-refractivity contribution in [3.63, 3.8) is 0 Å². The van der Waals surface area contributed by atoms with Crippen LogP contribution in [0.15, 0.2) is 11.3 Å². The molecule has 12 heavy (non-hydrogen) atoms. The van der Waals surface area contributed by atoms with Gasteiger partial charge in [0.05, 0.1) is 19.2 Å². The van der Waals surface area contributed by atoms with Crippen molar-refractivity contribution in [3.8, 4) is 0 Å². The SMILES string of the molecule is CC(C)n1cnc2c1NC=NC2. The van der Waals surface area contributed by atoms with Gasteiger partial charge in [-0.2, -0.15) is 0 Å². The van der Waals surface area contributed by atoms with Crippen molar-refractivity contribution >= 4 is 12.2 Å². The third-order valence-corrected chi connectivity index (χ3v) is 1.96. The average Bonchev–Trinajstić information content (AvgIpc) is 2.47. The molecule has 0 unspecified atom stereocenters. The van der Waals surface area contributed by atoms with E-state index in [-0.39, 0.29) is 0 Å². The third kappa shape index (κ3) is 0.995. The zero-order valence-corrected chi connectivity index (χ0v) is 7.28. The molecule has 1 aromatic rings. The fraction of sp³-hybridized carbons (Fsp3) is 0.500. The molecule has 0 saturated carbocycles. The van der Waals surface area contributed by atoms with E-state index in [9.17, 15) is 0 Å². The first-order valence-corrected chi connectivity index (χ1v) is 4.09. The first-order chi connectivity index (χ1) is 5.79. The molecule has 0 spiro atoms. The molecule has 0 atom stereocenters. The first kappa shape index (κ1) is 7.34. The maximum absolute atomic E-state index is 4.26. The molecule has 0 aromatic carbocycles. The number of hydrogen-bond donors (Lipinski definition) is 1. The summed E-state index contributed by atoms with van der Waals surface area (Å²) in [7, 11) is 0. The van der Waals surface area contributed by atoms with E-state index < -0.39 is 0 Å². The number of rotatable bonds is 1. The normalized spacial score (nSPS) is 14.6. The summed E-state index contributed by atoms with van der Waals surface area (Å²) >= 11 is 0. The van der Waals surface area contributed by atoms with Crippen LogP contribution in [0, 0.1) is 0 Å². The van der Waals surface area contributed by atoms with Crippen LogP contribution in [-0.4, -0.2) is 15.9 Å². The van der Waals surface area contributed by atoms with E-state index in [1.807, 2.05) is 6.33 Å². The van der Waals surface area contributed by atoms with Crippen LogP contribution in [0.4, 0.5) is 5.82 Å². The molecule has 2 heterocycles. The zero-order valence-electron chi connectivity index (χ0n) is 7.28. The van der Waals surface area contributed by atoms with Crippen molar-refractivity contribution in [1.29, 1.82) is 0 Å². The van der Waals surface area contributed by atoms with Gasteiger partial charge in [0.15, 0.2) is 0 Å². The highest BCUT2D eigenvalue weighted by Crippen LogP contribution is 2.21. The number of imidazole rings is 1. The maximum atomic E-state index is 4.26. The lowest BCUT2D eigenvalue weighted by molar-refractivity contribution is 0.606. The molecule has 0 fully saturated rings. The fourth-order valence-corrected chi connectivity index (χ4v) is 1.30.